The van der Waals surface area contributed by atoms with Gasteiger partial charge in [0.05, 0.1) is 35.8 Å². The van der Waals surface area contributed by atoms with E-state index in [1.54, 1.807) is 31.6 Å². The molecule has 11 heteroatoms. The minimum atomic E-state index is -0.438. The van der Waals surface area contributed by atoms with E-state index in [1.165, 1.54) is 4.80 Å². The van der Waals surface area contributed by atoms with Crippen molar-refractivity contribution in [2.24, 2.45) is 0 Å². The van der Waals surface area contributed by atoms with E-state index in [0.29, 0.717) is 48.9 Å². The Morgan fingerprint density at radius 2 is 1.78 bits per heavy atom. The van der Waals surface area contributed by atoms with Crippen LogP contribution in [0.4, 0.5) is 5.82 Å². The molecule has 0 radical (unpaired) electrons. The lowest BCUT2D eigenvalue weighted by atomic mass is 10.1. The van der Waals surface area contributed by atoms with Crippen molar-refractivity contribution in [2.45, 2.75) is 13.3 Å². The van der Waals surface area contributed by atoms with Gasteiger partial charge in [-0.25, -0.2) is 14.8 Å². The molecule has 0 spiro atoms. The first-order chi connectivity index (χ1) is 18.1. The van der Waals surface area contributed by atoms with Gasteiger partial charge in [-0.15, -0.1) is 0 Å². The Morgan fingerprint density at radius 3 is 2.62 bits per heavy atom. The van der Waals surface area contributed by atoms with Gasteiger partial charge >= 0.3 is 5.97 Å². The van der Waals surface area contributed by atoms with Crippen molar-refractivity contribution in [2.75, 3.05) is 44.3 Å². The van der Waals surface area contributed by atoms with Crippen LogP contribution in [0.25, 0.3) is 16.6 Å². The second-order valence-corrected chi connectivity index (χ2v) is 8.41. The fourth-order valence-corrected chi connectivity index (χ4v) is 4.36. The van der Waals surface area contributed by atoms with E-state index in [4.69, 9.17) is 9.47 Å². The minimum absolute atomic E-state index is 0.0503. The molecule has 4 aromatic rings. The lowest BCUT2D eigenvalue weighted by Gasteiger charge is -2.24. The predicted octanol–water partition coefficient (Wildman–Crippen LogP) is 2.50. The number of aromatic nitrogens is 5. The molecule has 11 nitrogen and oxygen atoms in total. The summed E-state index contributed by atoms with van der Waals surface area (Å²) in [4.78, 5) is 39.7. The van der Waals surface area contributed by atoms with Crippen LogP contribution in [0.2, 0.25) is 0 Å². The molecule has 1 fully saturated rings. The van der Waals surface area contributed by atoms with E-state index < -0.39 is 5.97 Å². The van der Waals surface area contributed by atoms with E-state index in [9.17, 15) is 9.59 Å². The number of nitrogens with zero attached hydrogens (tertiary/aromatic N) is 7. The number of amides is 1. The number of hydrogen-bond donors (Lipinski definition) is 0. The van der Waals surface area contributed by atoms with E-state index in [0.717, 1.165) is 24.2 Å². The normalized spacial score (nSPS) is 13.9. The maximum absolute atomic E-state index is 13.5. The van der Waals surface area contributed by atoms with E-state index in [-0.39, 0.29) is 12.5 Å². The van der Waals surface area contributed by atoms with Crippen LogP contribution in [0.1, 0.15) is 23.7 Å². The molecule has 0 atom stereocenters. The average Bonchev–Trinajstić information content (AvgIpc) is 3.36. The molecule has 3 aromatic heterocycles. The Balaban J connectivity index is 1.31. The molecule has 1 amide bonds. The van der Waals surface area contributed by atoms with Gasteiger partial charge in [0.15, 0.2) is 6.61 Å². The molecular weight excluding hydrogens is 474 g/mol. The van der Waals surface area contributed by atoms with Crippen LogP contribution in [-0.2, 0) is 9.53 Å². The van der Waals surface area contributed by atoms with Gasteiger partial charge in [0.1, 0.15) is 5.82 Å². The Hall–Kier alpha value is -4.54. The quantitative estimate of drug-likeness (QED) is 0.352. The number of pyridine rings is 2. The Bertz CT molecular complexity index is 1390. The third kappa shape index (κ3) is 5.35. The number of benzene rings is 1. The van der Waals surface area contributed by atoms with Crippen LogP contribution in [0, 0.1) is 0 Å². The zero-order valence-electron chi connectivity index (χ0n) is 20.5. The molecule has 0 bridgehead atoms. The molecule has 0 N–H and O–H groups in total. The third-order valence-corrected chi connectivity index (χ3v) is 6.06. The number of anilines is 1. The van der Waals surface area contributed by atoms with Crippen LogP contribution in [-0.4, -0.2) is 81.1 Å². The van der Waals surface area contributed by atoms with Gasteiger partial charge in [-0.05, 0) is 37.6 Å². The van der Waals surface area contributed by atoms with E-state index in [1.807, 2.05) is 41.3 Å². The number of ether oxygens (including phenoxy) is 2. The smallest absolute Gasteiger partial charge is 0.344 e. The van der Waals surface area contributed by atoms with Crippen LogP contribution in [0.15, 0.2) is 61.1 Å². The molecule has 4 heterocycles. The van der Waals surface area contributed by atoms with Crippen molar-refractivity contribution < 1.29 is 19.1 Å². The van der Waals surface area contributed by atoms with Crippen molar-refractivity contribution in [3.05, 3.63) is 66.6 Å². The summed E-state index contributed by atoms with van der Waals surface area (Å²) in [7, 11) is 0. The Labute approximate surface area is 213 Å². The Kier molecular flexibility index (Phi) is 7.20. The molecule has 5 rings (SSSR count). The first-order valence-electron chi connectivity index (χ1n) is 12.2. The first kappa shape index (κ1) is 24.2. The summed E-state index contributed by atoms with van der Waals surface area (Å²) >= 11 is 0. The molecule has 1 aliphatic rings. The Morgan fingerprint density at radius 1 is 0.946 bits per heavy atom. The molecule has 1 aromatic carbocycles. The molecule has 0 aliphatic carbocycles. The van der Waals surface area contributed by atoms with Crippen molar-refractivity contribution in [3.63, 3.8) is 0 Å². The molecule has 0 unspecified atom stereocenters. The van der Waals surface area contributed by atoms with Gasteiger partial charge in [-0.3, -0.25) is 4.79 Å². The number of fused-ring (bicyclic) bond motifs is 1. The van der Waals surface area contributed by atoms with Crippen LogP contribution in [0.3, 0.4) is 0 Å². The summed E-state index contributed by atoms with van der Waals surface area (Å²) in [6.07, 6.45) is 5.68. The minimum Gasteiger partial charge on any atom is -0.466 e. The molecule has 37 heavy (non-hydrogen) atoms. The van der Waals surface area contributed by atoms with Crippen LogP contribution < -0.4 is 9.64 Å². The highest BCUT2D eigenvalue weighted by molar-refractivity contribution is 5.98. The second kappa shape index (κ2) is 11.0. The SMILES string of the molecule is CCOC(=O)COc1ccc2c(N3CCCN(C(=O)c4ccccc4-n4nccn4)CC3)nccc2n1. The fraction of sp³-hybridized carbons (Fsp3) is 0.308. The maximum Gasteiger partial charge on any atom is 0.344 e. The number of carbonyl (C=O) groups excluding carboxylic acids is 2. The highest BCUT2D eigenvalue weighted by Crippen LogP contribution is 2.26. The lowest BCUT2D eigenvalue weighted by Crippen LogP contribution is -2.36. The summed E-state index contributed by atoms with van der Waals surface area (Å²) in [5.41, 5.74) is 1.93. The first-order valence-corrected chi connectivity index (χ1v) is 12.2. The van der Waals surface area contributed by atoms with Gasteiger partial charge in [-0.1, -0.05) is 12.1 Å². The van der Waals surface area contributed by atoms with Gasteiger partial charge < -0.3 is 19.3 Å². The number of esters is 1. The summed E-state index contributed by atoms with van der Waals surface area (Å²) < 4.78 is 10.4. The third-order valence-electron chi connectivity index (χ3n) is 6.06. The lowest BCUT2D eigenvalue weighted by molar-refractivity contribution is -0.145. The highest BCUT2D eigenvalue weighted by atomic mass is 16.6. The van der Waals surface area contributed by atoms with Crippen molar-refractivity contribution in [1.29, 1.82) is 0 Å². The van der Waals surface area contributed by atoms with Crippen molar-refractivity contribution in [3.8, 4) is 11.6 Å². The van der Waals surface area contributed by atoms with Crippen LogP contribution in [0.5, 0.6) is 5.88 Å². The molecule has 190 valence electrons. The van der Waals surface area contributed by atoms with Crippen molar-refractivity contribution >= 4 is 28.6 Å². The number of para-hydroxylation sites is 1. The zero-order chi connectivity index (χ0) is 25.6. The van der Waals surface area contributed by atoms with Gasteiger partial charge in [-0.2, -0.15) is 15.0 Å². The monoisotopic (exact) mass is 501 g/mol. The highest BCUT2D eigenvalue weighted by Gasteiger charge is 2.24. The zero-order valence-corrected chi connectivity index (χ0v) is 20.5. The standard InChI is InChI=1S/C26H27N7O4/c1-2-36-24(34)18-37-23-9-8-19-21(30-23)10-11-27-25(19)31-14-5-15-32(17-16-31)26(35)20-6-3-4-7-22(20)33-28-12-13-29-33/h3-4,6-13H,2,5,14-18H2,1H3. The average molecular weight is 502 g/mol. The van der Waals surface area contributed by atoms with E-state index in [2.05, 4.69) is 25.1 Å². The summed E-state index contributed by atoms with van der Waals surface area (Å²) in [6.45, 7) is 4.41. The number of rotatable bonds is 7. The van der Waals surface area contributed by atoms with Gasteiger partial charge in [0.25, 0.3) is 5.91 Å². The summed E-state index contributed by atoms with van der Waals surface area (Å²) in [5.74, 6) is 0.658. The number of hydrogen-bond acceptors (Lipinski definition) is 9. The topological polar surface area (TPSA) is 116 Å². The maximum atomic E-state index is 13.5. The van der Waals surface area contributed by atoms with Crippen LogP contribution >= 0.6 is 0 Å². The van der Waals surface area contributed by atoms with Gasteiger partial charge in [0, 0.05) is 43.8 Å². The molecule has 1 saturated heterocycles. The number of carbonyl (C=O) groups is 2. The van der Waals surface area contributed by atoms with Gasteiger partial charge in [0.2, 0.25) is 5.88 Å². The summed E-state index contributed by atoms with van der Waals surface area (Å²) in [5, 5.41) is 9.25. The molecular formula is C26H27N7O4. The van der Waals surface area contributed by atoms with Crippen molar-refractivity contribution in [1.82, 2.24) is 29.9 Å². The molecule has 1 aliphatic heterocycles. The summed E-state index contributed by atoms with van der Waals surface area (Å²) in [6, 6.07) is 12.8. The predicted molar refractivity (Wildman–Crippen MR) is 136 cm³/mol. The largest absolute Gasteiger partial charge is 0.466 e. The fourth-order valence-electron chi connectivity index (χ4n) is 4.36. The van der Waals surface area contributed by atoms with E-state index >= 15 is 0 Å². The molecule has 0 saturated carbocycles. The second-order valence-electron chi connectivity index (χ2n) is 8.41.